The number of aromatic nitrogens is 2. The van der Waals surface area contributed by atoms with Crippen molar-refractivity contribution < 1.29 is 18.0 Å². The summed E-state index contributed by atoms with van der Waals surface area (Å²) in [5.41, 5.74) is 1.04. The first kappa shape index (κ1) is 19.2. The maximum Gasteiger partial charge on any atom is 0.243 e. The zero-order valence-corrected chi connectivity index (χ0v) is 15.8. The summed E-state index contributed by atoms with van der Waals surface area (Å²) in [7, 11) is -3.58. The van der Waals surface area contributed by atoms with Crippen LogP contribution in [0.15, 0.2) is 41.4 Å². The van der Waals surface area contributed by atoms with Gasteiger partial charge < -0.3 is 5.32 Å². The largest absolute Gasteiger partial charge is 0.326 e. The summed E-state index contributed by atoms with van der Waals surface area (Å²) >= 11 is 0. The van der Waals surface area contributed by atoms with Gasteiger partial charge in [-0.15, -0.1) is 0 Å². The van der Waals surface area contributed by atoms with Crippen LogP contribution < -0.4 is 5.32 Å². The standard InChI is InChI=1S/C18H22N4O4S/c1-13(23)20-15-2-4-16(5-3-15)27(25,26)22-10-7-14(8-11-22)12-18(24)17-6-9-19-21-17/h2-6,9,14H,7-8,10-12H2,1H3,(H,19,21)(H,20,23). The molecule has 0 aliphatic carbocycles. The van der Waals surface area contributed by atoms with E-state index in [1.54, 1.807) is 24.4 Å². The lowest BCUT2D eigenvalue weighted by Gasteiger charge is -2.30. The van der Waals surface area contributed by atoms with Crippen molar-refractivity contribution in [3.8, 4) is 0 Å². The lowest BCUT2D eigenvalue weighted by Crippen LogP contribution is -2.38. The van der Waals surface area contributed by atoms with Crippen LogP contribution >= 0.6 is 0 Å². The van der Waals surface area contributed by atoms with Crippen LogP contribution in [0.3, 0.4) is 0 Å². The zero-order valence-electron chi connectivity index (χ0n) is 15.0. The van der Waals surface area contributed by atoms with Gasteiger partial charge >= 0.3 is 0 Å². The fraction of sp³-hybridized carbons (Fsp3) is 0.389. The topological polar surface area (TPSA) is 112 Å². The first-order valence-corrected chi connectivity index (χ1v) is 10.2. The van der Waals surface area contributed by atoms with Crippen molar-refractivity contribution in [2.75, 3.05) is 18.4 Å². The van der Waals surface area contributed by atoms with Crippen molar-refractivity contribution in [2.45, 2.75) is 31.1 Å². The Hall–Kier alpha value is -2.52. The highest BCUT2D eigenvalue weighted by atomic mass is 32.2. The molecule has 27 heavy (non-hydrogen) atoms. The van der Waals surface area contributed by atoms with E-state index in [4.69, 9.17) is 0 Å². The summed E-state index contributed by atoms with van der Waals surface area (Å²) in [4.78, 5) is 23.4. The number of rotatable bonds is 6. The molecule has 1 saturated heterocycles. The number of ketones is 1. The first-order valence-electron chi connectivity index (χ1n) is 8.76. The number of hydrogen-bond donors (Lipinski definition) is 2. The number of nitrogens with one attached hydrogen (secondary N) is 2. The molecule has 2 N–H and O–H groups in total. The van der Waals surface area contributed by atoms with Crippen molar-refractivity contribution in [3.63, 3.8) is 0 Å². The van der Waals surface area contributed by atoms with Crippen molar-refractivity contribution in [3.05, 3.63) is 42.2 Å². The van der Waals surface area contributed by atoms with E-state index >= 15 is 0 Å². The van der Waals surface area contributed by atoms with Crippen LogP contribution in [-0.2, 0) is 14.8 Å². The van der Waals surface area contributed by atoms with E-state index in [-0.39, 0.29) is 22.5 Å². The van der Waals surface area contributed by atoms with Gasteiger partial charge in [0.25, 0.3) is 0 Å². The maximum absolute atomic E-state index is 12.8. The van der Waals surface area contributed by atoms with Crippen molar-refractivity contribution >= 4 is 27.4 Å². The zero-order chi connectivity index (χ0) is 19.4. The van der Waals surface area contributed by atoms with Crippen LogP contribution in [0.25, 0.3) is 0 Å². The summed E-state index contributed by atoms with van der Waals surface area (Å²) < 4.78 is 27.0. The molecule has 0 spiro atoms. The molecule has 144 valence electrons. The van der Waals surface area contributed by atoms with Gasteiger partial charge in [0.1, 0.15) is 5.69 Å². The molecule has 1 aliphatic heterocycles. The molecule has 9 heteroatoms. The molecule has 0 unspecified atom stereocenters. The number of hydrogen-bond acceptors (Lipinski definition) is 5. The number of Topliss-reactive ketones (excluding diaryl/α,β-unsaturated/α-hetero) is 1. The summed E-state index contributed by atoms with van der Waals surface area (Å²) in [5, 5.41) is 9.06. The smallest absolute Gasteiger partial charge is 0.243 e. The Morgan fingerprint density at radius 2 is 1.85 bits per heavy atom. The fourth-order valence-corrected chi connectivity index (χ4v) is 4.67. The Balaban J connectivity index is 1.59. The Morgan fingerprint density at radius 3 is 2.41 bits per heavy atom. The molecule has 8 nitrogen and oxygen atoms in total. The Bertz CT molecular complexity index is 899. The molecule has 2 aromatic rings. The summed E-state index contributed by atoms with van der Waals surface area (Å²) in [6, 6.07) is 7.78. The SMILES string of the molecule is CC(=O)Nc1ccc(S(=O)(=O)N2CCC(CC(=O)c3ccn[nH]3)CC2)cc1. The fourth-order valence-electron chi connectivity index (χ4n) is 3.20. The Labute approximate surface area is 158 Å². The molecule has 1 aromatic carbocycles. The number of amides is 1. The Kier molecular flexibility index (Phi) is 5.71. The predicted molar refractivity (Wildman–Crippen MR) is 99.8 cm³/mol. The quantitative estimate of drug-likeness (QED) is 0.733. The van der Waals surface area contributed by atoms with Crippen molar-refractivity contribution in [1.29, 1.82) is 0 Å². The monoisotopic (exact) mass is 390 g/mol. The summed E-state index contributed by atoms with van der Waals surface area (Å²) in [6.45, 7) is 2.17. The minimum atomic E-state index is -3.58. The van der Waals surface area contributed by atoms with Gasteiger partial charge in [0.2, 0.25) is 15.9 Å². The van der Waals surface area contributed by atoms with Crippen LogP contribution in [-0.4, -0.2) is 47.7 Å². The maximum atomic E-state index is 12.8. The summed E-state index contributed by atoms with van der Waals surface area (Å²) in [6.07, 6.45) is 3.22. The van der Waals surface area contributed by atoms with Crippen LogP contribution in [0.5, 0.6) is 0 Å². The average molecular weight is 390 g/mol. The van der Waals surface area contributed by atoms with Gasteiger partial charge in [0.15, 0.2) is 5.78 Å². The molecule has 0 saturated carbocycles. The van der Waals surface area contributed by atoms with E-state index in [2.05, 4.69) is 15.5 Å². The van der Waals surface area contributed by atoms with Gasteiger partial charge in [-0.1, -0.05) is 0 Å². The van der Waals surface area contributed by atoms with E-state index in [1.807, 2.05) is 0 Å². The second-order valence-corrected chi connectivity index (χ2v) is 8.59. The average Bonchev–Trinajstić information content (AvgIpc) is 3.17. The molecule has 3 rings (SSSR count). The molecule has 1 amide bonds. The van der Waals surface area contributed by atoms with Crippen LogP contribution in [0, 0.1) is 5.92 Å². The Morgan fingerprint density at radius 1 is 1.19 bits per heavy atom. The van der Waals surface area contributed by atoms with Gasteiger partial charge in [-0.05, 0) is 49.1 Å². The van der Waals surface area contributed by atoms with E-state index < -0.39 is 10.0 Å². The lowest BCUT2D eigenvalue weighted by atomic mass is 9.92. The molecule has 0 bridgehead atoms. The molecular weight excluding hydrogens is 368 g/mol. The number of nitrogens with zero attached hydrogens (tertiary/aromatic N) is 2. The van der Waals surface area contributed by atoms with Crippen LogP contribution in [0.2, 0.25) is 0 Å². The normalized spacial score (nSPS) is 16.2. The molecule has 0 atom stereocenters. The van der Waals surface area contributed by atoms with E-state index in [0.717, 1.165) is 0 Å². The highest BCUT2D eigenvalue weighted by Gasteiger charge is 2.30. The van der Waals surface area contributed by atoms with Crippen molar-refractivity contribution in [2.24, 2.45) is 5.92 Å². The third-order valence-electron chi connectivity index (χ3n) is 4.66. The van der Waals surface area contributed by atoms with Crippen LogP contribution in [0.1, 0.15) is 36.7 Å². The molecular formula is C18H22N4O4S. The van der Waals surface area contributed by atoms with Crippen LogP contribution in [0.4, 0.5) is 5.69 Å². The van der Waals surface area contributed by atoms with E-state index in [1.165, 1.54) is 23.4 Å². The van der Waals surface area contributed by atoms with Gasteiger partial charge in [-0.25, -0.2) is 8.42 Å². The van der Waals surface area contributed by atoms with Gasteiger partial charge in [0.05, 0.1) is 4.90 Å². The van der Waals surface area contributed by atoms with Gasteiger partial charge in [-0.2, -0.15) is 9.40 Å². The third kappa shape index (κ3) is 4.61. The molecule has 0 radical (unpaired) electrons. The minimum Gasteiger partial charge on any atom is -0.326 e. The predicted octanol–water partition coefficient (Wildman–Crippen LogP) is 2.04. The van der Waals surface area contributed by atoms with E-state index in [9.17, 15) is 18.0 Å². The van der Waals surface area contributed by atoms with Crippen molar-refractivity contribution in [1.82, 2.24) is 14.5 Å². The number of benzene rings is 1. The highest BCUT2D eigenvalue weighted by Crippen LogP contribution is 2.27. The molecule has 2 heterocycles. The number of anilines is 1. The summed E-state index contributed by atoms with van der Waals surface area (Å²) in [5.74, 6) is -0.0471. The number of carbonyl (C=O) groups is 2. The lowest BCUT2D eigenvalue weighted by molar-refractivity contribution is -0.114. The van der Waals surface area contributed by atoms with E-state index in [0.29, 0.717) is 43.7 Å². The second-order valence-electron chi connectivity index (χ2n) is 6.65. The first-order chi connectivity index (χ1) is 12.9. The molecule has 1 aliphatic rings. The highest BCUT2D eigenvalue weighted by molar-refractivity contribution is 7.89. The number of sulfonamides is 1. The second kappa shape index (κ2) is 8.01. The number of aromatic amines is 1. The minimum absolute atomic E-state index is 0.00219. The van der Waals surface area contributed by atoms with Gasteiger partial charge in [-0.3, -0.25) is 14.7 Å². The third-order valence-corrected chi connectivity index (χ3v) is 6.57. The number of carbonyl (C=O) groups excluding carboxylic acids is 2. The van der Waals surface area contributed by atoms with Gasteiger partial charge in [0, 0.05) is 38.3 Å². The molecule has 1 aromatic heterocycles. The number of H-pyrrole nitrogens is 1. The molecule has 1 fully saturated rings. The number of piperidine rings is 1.